The van der Waals surface area contributed by atoms with Crippen molar-refractivity contribution in [3.8, 4) is 0 Å². The number of allylic oxidation sites excluding steroid dienone is 6. The number of hydrogen-bond acceptors (Lipinski definition) is 1. The molecule has 0 rings (SSSR count). The molecule has 0 spiro atoms. The molecule has 0 aromatic rings. The monoisotopic (exact) mass is 176 g/mol. The molecule has 0 heterocycles. The number of carbonyl (C=O) groups is 1. The van der Waals surface area contributed by atoms with Crippen LogP contribution in [-0.2, 0) is 4.79 Å². The van der Waals surface area contributed by atoms with E-state index in [4.69, 9.17) is 0 Å². The van der Waals surface area contributed by atoms with Crippen LogP contribution < -0.4 is 0 Å². The highest BCUT2D eigenvalue weighted by Gasteiger charge is 1.99. The smallest absolute Gasteiger partial charge is 0.185 e. The summed E-state index contributed by atoms with van der Waals surface area (Å²) in [7, 11) is 0. The van der Waals surface area contributed by atoms with Crippen LogP contribution >= 0.6 is 0 Å². The molecule has 13 heavy (non-hydrogen) atoms. The largest absolute Gasteiger partial charge is 0.289 e. The maximum absolute atomic E-state index is 11.4. The first kappa shape index (κ1) is 11.6. The summed E-state index contributed by atoms with van der Waals surface area (Å²) in [6.45, 7) is 11.1. The lowest BCUT2D eigenvalue weighted by Crippen LogP contribution is -1.95. The van der Waals surface area contributed by atoms with Gasteiger partial charge in [-0.1, -0.05) is 51.3 Å². The molecule has 0 saturated heterocycles. The highest BCUT2D eigenvalue weighted by atomic mass is 16.1. The third-order valence-corrected chi connectivity index (χ3v) is 1.43. The molecule has 0 aromatic heterocycles. The Hall–Kier alpha value is -1.37. The zero-order valence-electron chi connectivity index (χ0n) is 8.29. The number of rotatable bonds is 5. The van der Waals surface area contributed by atoms with Crippen molar-refractivity contribution >= 4 is 5.78 Å². The predicted octanol–water partition coefficient (Wildman–Crippen LogP) is 3.07. The summed E-state index contributed by atoms with van der Waals surface area (Å²) in [6, 6.07) is 0. The summed E-state index contributed by atoms with van der Waals surface area (Å²) >= 11 is 0. The number of ketones is 1. The first-order valence-electron chi connectivity index (χ1n) is 4.29. The first-order chi connectivity index (χ1) is 6.11. The minimum Gasteiger partial charge on any atom is -0.289 e. The Labute approximate surface area is 80.2 Å². The molecule has 0 unspecified atom stereocenters. The second-order valence-electron chi connectivity index (χ2n) is 3.03. The van der Waals surface area contributed by atoms with Gasteiger partial charge in [-0.3, -0.25) is 4.79 Å². The molecule has 1 heteroatoms. The summed E-state index contributed by atoms with van der Waals surface area (Å²) in [5, 5.41) is 0. The Morgan fingerprint density at radius 2 is 1.92 bits per heavy atom. The van der Waals surface area contributed by atoms with E-state index in [0.29, 0.717) is 11.5 Å². The number of carbonyl (C=O) groups excluding carboxylic acids is 1. The summed E-state index contributed by atoms with van der Waals surface area (Å²) in [5.74, 6) is 0.363. The second kappa shape index (κ2) is 6.18. The van der Waals surface area contributed by atoms with E-state index in [2.05, 4.69) is 13.2 Å². The van der Waals surface area contributed by atoms with Crippen molar-refractivity contribution in [2.45, 2.75) is 13.8 Å². The third-order valence-electron chi connectivity index (χ3n) is 1.43. The molecular weight excluding hydrogens is 160 g/mol. The van der Waals surface area contributed by atoms with Crippen LogP contribution in [0.15, 0.2) is 49.1 Å². The van der Waals surface area contributed by atoms with Crippen molar-refractivity contribution in [3.05, 3.63) is 49.1 Å². The molecule has 0 N–H and O–H groups in total. The van der Waals surface area contributed by atoms with Crippen LogP contribution in [0.3, 0.4) is 0 Å². The fourth-order valence-electron chi connectivity index (χ4n) is 0.754. The van der Waals surface area contributed by atoms with E-state index >= 15 is 0 Å². The van der Waals surface area contributed by atoms with Crippen LogP contribution in [0, 0.1) is 5.92 Å². The molecule has 0 saturated carbocycles. The topological polar surface area (TPSA) is 17.1 Å². The van der Waals surface area contributed by atoms with Gasteiger partial charge >= 0.3 is 0 Å². The van der Waals surface area contributed by atoms with Crippen molar-refractivity contribution in [2.75, 3.05) is 0 Å². The molecule has 0 aliphatic rings. The van der Waals surface area contributed by atoms with Gasteiger partial charge in [0.05, 0.1) is 0 Å². The SMILES string of the molecule is C=C/C=C(\C=C)C(=O)/C=C/C(C)C. The van der Waals surface area contributed by atoms with Crippen LogP contribution in [0.25, 0.3) is 0 Å². The fraction of sp³-hybridized carbons (Fsp3) is 0.250. The maximum Gasteiger partial charge on any atom is 0.185 e. The highest BCUT2D eigenvalue weighted by molar-refractivity contribution is 6.06. The fourth-order valence-corrected chi connectivity index (χ4v) is 0.754. The van der Waals surface area contributed by atoms with Crippen molar-refractivity contribution in [1.29, 1.82) is 0 Å². The van der Waals surface area contributed by atoms with Gasteiger partial charge < -0.3 is 0 Å². The van der Waals surface area contributed by atoms with Crippen molar-refractivity contribution < 1.29 is 4.79 Å². The standard InChI is InChI=1S/C12H16O/c1-5-7-11(6-2)12(13)9-8-10(3)4/h5-10H,1-2H2,3-4H3/b9-8+,11-7+. The Balaban J connectivity index is 4.48. The van der Waals surface area contributed by atoms with Gasteiger partial charge in [0.1, 0.15) is 0 Å². The molecule has 70 valence electrons. The number of hydrogen-bond donors (Lipinski definition) is 0. The highest BCUT2D eigenvalue weighted by Crippen LogP contribution is 2.02. The second-order valence-corrected chi connectivity index (χ2v) is 3.03. The molecule has 0 amide bonds. The van der Waals surface area contributed by atoms with Crippen LogP contribution in [0.4, 0.5) is 0 Å². The van der Waals surface area contributed by atoms with Gasteiger partial charge in [-0.25, -0.2) is 0 Å². The average molecular weight is 176 g/mol. The summed E-state index contributed by atoms with van der Waals surface area (Å²) in [4.78, 5) is 11.4. The Kier molecular flexibility index (Phi) is 5.53. The molecule has 0 fully saturated rings. The molecule has 0 aliphatic heterocycles. The van der Waals surface area contributed by atoms with E-state index < -0.39 is 0 Å². The van der Waals surface area contributed by atoms with Gasteiger partial charge in [0.2, 0.25) is 0 Å². The molecule has 0 bridgehead atoms. The minimum absolute atomic E-state index is 0.0244. The summed E-state index contributed by atoms with van der Waals surface area (Å²) in [5.41, 5.74) is 0.576. The van der Waals surface area contributed by atoms with Crippen LogP contribution in [0.1, 0.15) is 13.8 Å². The molecular formula is C12H16O. The van der Waals surface area contributed by atoms with Gasteiger partial charge in [-0.15, -0.1) is 0 Å². The lowest BCUT2D eigenvalue weighted by Gasteiger charge is -1.95. The lowest BCUT2D eigenvalue weighted by atomic mass is 10.1. The van der Waals surface area contributed by atoms with Crippen molar-refractivity contribution in [1.82, 2.24) is 0 Å². The molecule has 0 aromatic carbocycles. The van der Waals surface area contributed by atoms with E-state index in [9.17, 15) is 4.79 Å². The van der Waals surface area contributed by atoms with E-state index in [1.165, 1.54) is 6.08 Å². The van der Waals surface area contributed by atoms with Crippen LogP contribution in [-0.4, -0.2) is 5.78 Å². The van der Waals surface area contributed by atoms with E-state index in [1.807, 2.05) is 19.9 Å². The Bertz CT molecular complexity index is 254. The summed E-state index contributed by atoms with van der Waals surface area (Å²) < 4.78 is 0. The average Bonchev–Trinajstić information content (AvgIpc) is 2.10. The lowest BCUT2D eigenvalue weighted by molar-refractivity contribution is -0.111. The van der Waals surface area contributed by atoms with Crippen LogP contribution in [0.5, 0.6) is 0 Å². The first-order valence-corrected chi connectivity index (χ1v) is 4.29. The van der Waals surface area contributed by atoms with Gasteiger partial charge in [0, 0.05) is 5.57 Å². The Morgan fingerprint density at radius 1 is 1.31 bits per heavy atom. The molecule has 0 atom stereocenters. The van der Waals surface area contributed by atoms with E-state index in [1.54, 1.807) is 18.2 Å². The Morgan fingerprint density at radius 3 is 2.31 bits per heavy atom. The van der Waals surface area contributed by atoms with Gasteiger partial charge in [0.25, 0.3) is 0 Å². The molecule has 0 radical (unpaired) electrons. The van der Waals surface area contributed by atoms with E-state index in [0.717, 1.165) is 0 Å². The van der Waals surface area contributed by atoms with Gasteiger partial charge in [-0.2, -0.15) is 0 Å². The third kappa shape index (κ3) is 4.96. The maximum atomic E-state index is 11.4. The van der Waals surface area contributed by atoms with Gasteiger partial charge in [0.15, 0.2) is 5.78 Å². The predicted molar refractivity (Wildman–Crippen MR) is 57.5 cm³/mol. The van der Waals surface area contributed by atoms with Crippen molar-refractivity contribution in [3.63, 3.8) is 0 Å². The summed E-state index contributed by atoms with van der Waals surface area (Å²) in [6.07, 6.45) is 8.21. The van der Waals surface area contributed by atoms with Crippen LogP contribution in [0.2, 0.25) is 0 Å². The quantitative estimate of drug-likeness (QED) is 0.464. The minimum atomic E-state index is -0.0244. The van der Waals surface area contributed by atoms with Gasteiger partial charge in [-0.05, 0) is 12.0 Å². The zero-order chi connectivity index (χ0) is 10.3. The molecule has 1 nitrogen and oxygen atoms in total. The van der Waals surface area contributed by atoms with Crippen molar-refractivity contribution in [2.24, 2.45) is 5.92 Å². The zero-order valence-corrected chi connectivity index (χ0v) is 8.29. The molecule has 0 aliphatic carbocycles. The normalized spacial score (nSPS) is 12.1. The van der Waals surface area contributed by atoms with E-state index in [-0.39, 0.29) is 5.78 Å².